The summed E-state index contributed by atoms with van der Waals surface area (Å²) >= 11 is 0. The quantitative estimate of drug-likeness (QED) is 0.762. The molecule has 6 heteroatoms. The molecule has 1 fully saturated rings. The van der Waals surface area contributed by atoms with Crippen LogP contribution in [0.25, 0.3) is 11.1 Å². The van der Waals surface area contributed by atoms with Crippen LogP contribution in [-0.4, -0.2) is 32.8 Å². The Morgan fingerprint density at radius 1 is 1.08 bits per heavy atom. The van der Waals surface area contributed by atoms with Crippen molar-refractivity contribution in [3.05, 3.63) is 60.3 Å². The van der Waals surface area contributed by atoms with E-state index in [1.165, 1.54) is 6.20 Å². The highest BCUT2D eigenvalue weighted by atomic mass is 16.5. The maximum Gasteiger partial charge on any atom is 0.258 e. The SMILES string of the molecule is O=C1CCCCN1Cc1cccc(-c2ccc(Oc3cn[nH]n3)cc2)c1. The highest BCUT2D eigenvalue weighted by Gasteiger charge is 2.18. The molecule has 1 saturated heterocycles. The van der Waals surface area contributed by atoms with Crippen molar-refractivity contribution in [3.8, 4) is 22.8 Å². The van der Waals surface area contributed by atoms with Crippen molar-refractivity contribution in [1.82, 2.24) is 20.3 Å². The third-order valence-electron chi connectivity index (χ3n) is 4.52. The van der Waals surface area contributed by atoms with Crippen LogP contribution >= 0.6 is 0 Å². The summed E-state index contributed by atoms with van der Waals surface area (Å²) in [6.07, 6.45) is 4.31. The third kappa shape index (κ3) is 3.74. The molecule has 0 atom stereocenters. The number of benzene rings is 2. The van der Waals surface area contributed by atoms with E-state index in [2.05, 4.69) is 33.6 Å². The molecule has 0 saturated carbocycles. The van der Waals surface area contributed by atoms with E-state index in [1.54, 1.807) is 0 Å². The molecule has 2 aromatic carbocycles. The number of aromatic nitrogens is 3. The second-order valence-corrected chi connectivity index (χ2v) is 6.41. The van der Waals surface area contributed by atoms with Crippen molar-refractivity contribution in [2.45, 2.75) is 25.8 Å². The van der Waals surface area contributed by atoms with E-state index in [0.717, 1.165) is 36.1 Å². The molecule has 4 rings (SSSR count). The molecule has 1 N–H and O–H groups in total. The van der Waals surface area contributed by atoms with Gasteiger partial charge in [0, 0.05) is 19.5 Å². The molecule has 0 unspecified atom stereocenters. The van der Waals surface area contributed by atoms with Gasteiger partial charge in [0.1, 0.15) is 11.9 Å². The van der Waals surface area contributed by atoms with Crippen LogP contribution in [0.15, 0.2) is 54.7 Å². The van der Waals surface area contributed by atoms with E-state index >= 15 is 0 Å². The summed E-state index contributed by atoms with van der Waals surface area (Å²) in [5.74, 6) is 1.40. The lowest BCUT2D eigenvalue weighted by Crippen LogP contribution is -2.34. The number of aromatic amines is 1. The lowest BCUT2D eigenvalue weighted by atomic mass is 10.0. The first-order valence-electron chi connectivity index (χ1n) is 8.79. The van der Waals surface area contributed by atoms with Gasteiger partial charge in [-0.3, -0.25) is 4.79 Å². The molecule has 26 heavy (non-hydrogen) atoms. The molecular formula is C20H20N4O2. The lowest BCUT2D eigenvalue weighted by Gasteiger charge is -2.26. The molecule has 0 radical (unpaired) electrons. The number of H-pyrrole nitrogens is 1. The van der Waals surface area contributed by atoms with E-state index in [0.29, 0.717) is 24.6 Å². The minimum atomic E-state index is 0.260. The van der Waals surface area contributed by atoms with Crippen LogP contribution < -0.4 is 4.74 Å². The summed E-state index contributed by atoms with van der Waals surface area (Å²) in [4.78, 5) is 14.0. The topological polar surface area (TPSA) is 71.1 Å². The Morgan fingerprint density at radius 3 is 2.73 bits per heavy atom. The second kappa shape index (κ2) is 7.39. The molecule has 1 aliphatic rings. The summed E-state index contributed by atoms with van der Waals surface area (Å²) in [7, 11) is 0. The zero-order valence-electron chi connectivity index (χ0n) is 14.4. The number of rotatable bonds is 5. The third-order valence-corrected chi connectivity index (χ3v) is 4.52. The monoisotopic (exact) mass is 348 g/mol. The first-order valence-corrected chi connectivity index (χ1v) is 8.79. The van der Waals surface area contributed by atoms with Crippen molar-refractivity contribution < 1.29 is 9.53 Å². The second-order valence-electron chi connectivity index (χ2n) is 6.41. The fourth-order valence-corrected chi connectivity index (χ4v) is 3.18. The van der Waals surface area contributed by atoms with Crippen LogP contribution in [0.5, 0.6) is 11.6 Å². The zero-order chi connectivity index (χ0) is 17.8. The Hall–Kier alpha value is -3.15. The lowest BCUT2D eigenvalue weighted by molar-refractivity contribution is -0.133. The summed E-state index contributed by atoms with van der Waals surface area (Å²) in [6, 6.07) is 16.2. The van der Waals surface area contributed by atoms with E-state index < -0.39 is 0 Å². The molecule has 1 amide bonds. The summed E-state index contributed by atoms with van der Waals surface area (Å²) < 4.78 is 5.60. The number of nitrogens with zero attached hydrogens (tertiary/aromatic N) is 3. The maximum atomic E-state index is 12.0. The van der Waals surface area contributed by atoms with Gasteiger partial charge < -0.3 is 9.64 Å². The molecule has 3 aromatic rings. The Kier molecular flexibility index (Phi) is 4.64. The zero-order valence-corrected chi connectivity index (χ0v) is 14.4. The van der Waals surface area contributed by atoms with E-state index in [4.69, 9.17) is 4.74 Å². The fourth-order valence-electron chi connectivity index (χ4n) is 3.18. The highest BCUT2D eigenvalue weighted by molar-refractivity contribution is 5.77. The highest BCUT2D eigenvalue weighted by Crippen LogP contribution is 2.26. The molecule has 2 heterocycles. The Morgan fingerprint density at radius 2 is 1.96 bits per heavy atom. The number of amides is 1. The number of likely N-dealkylation sites (tertiary alicyclic amines) is 1. The average Bonchev–Trinajstić information content (AvgIpc) is 3.18. The Balaban J connectivity index is 1.48. The minimum Gasteiger partial charge on any atom is -0.436 e. The van der Waals surface area contributed by atoms with Crippen molar-refractivity contribution in [1.29, 1.82) is 0 Å². The Bertz CT molecular complexity index is 875. The molecule has 1 aliphatic heterocycles. The van der Waals surface area contributed by atoms with Crippen molar-refractivity contribution in [3.63, 3.8) is 0 Å². The number of hydrogen-bond acceptors (Lipinski definition) is 4. The van der Waals surface area contributed by atoms with Crippen LogP contribution in [-0.2, 0) is 11.3 Å². The predicted molar refractivity (Wildman–Crippen MR) is 97.6 cm³/mol. The van der Waals surface area contributed by atoms with Crippen molar-refractivity contribution >= 4 is 5.91 Å². The first kappa shape index (κ1) is 16.3. The van der Waals surface area contributed by atoms with Gasteiger partial charge in [-0.25, -0.2) is 0 Å². The first-order chi connectivity index (χ1) is 12.8. The van der Waals surface area contributed by atoms with Gasteiger partial charge >= 0.3 is 0 Å². The van der Waals surface area contributed by atoms with Gasteiger partial charge in [0.05, 0.1) is 0 Å². The van der Waals surface area contributed by atoms with Crippen LogP contribution in [0.1, 0.15) is 24.8 Å². The minimum absolute atomic E-state index is 0.260. The molecule has 132 valence electrons. The van der Waals surface area contributed by atoms with Gasteiger partial charge in [0.2, 0.25) is 5.91 Å². The standard InChI is InChI=1S/C20H20N4O2/c25-20-6-1-2-11-24(20)14-15-4-3-5-17(12-15)16-7-9-18(10-8-16)26-19-13-21-23-22-19/h3-5,7-10,12-13H,1-2,6,11,14H2,(H,21,22,23). The van der Waals surface area contributed by atoms with Crippen LogP contribution in [0, 0.1) is 0 Å². The molecule has 1 aromatic heterocycles. The van der Waals surface area contributed by atoms with Crippen LogP contribution in [0.3, 0.4) is 0 Å². The number of nitrogens with one attached hydrogen (secondary N) is 1. The number of piperidine rings is 1. The summed E-state index contributed by atoms with van der Waals surface area (Å²) in [5, 5.41) is 10.1. The van der Waals surface area contributed by atoms with Crippen molar-refractivity contribution in [2.24, 2.45) is 0 Å². The van der Waals surface area contributed by atoms with E-state index in [9.17, 15) is 4.79 Å². The number of carbonyl (C=O) groups excluding carboxylic acids is 1. The maximum absolute atomic E-state index is 12.0. The normalized spacial score (nSPS) is 14.5. The van der Waals surface area contributed by atoms with Gasteiger partial charge in [-0.05, 0) is 47.7 Å². The fraction of sp³-hybridized carbons (Fsp3) is 0.250. The van der Waals surface area contributed by atoms with Gasteiger partial charge in [-0.1, -0.05) is 30.3 Å². The van der Waals surface area contributed by atoms with Gasteiger partial charge in [-0.2, -0.15) is 10.3 Å². The van der Waals surface area contributed by atoms with Crippen LogP contribution in [0.4, 0.5) is 0 Å². The summed E-state index contributed by atoms with van der Waals surface area (Å²) in [6.45, 7) is 1.54. The smallest absolute Gasteiger partial charge is 0.258 e. The predicted octanol–water partition coefficient (Wildman–Crippen LogP) is 3.78. The number of hydrogen-bond donors (Lipinski definition) is 1. The summed E-state index contributed by atoms with van der Waals surface area (Å²) in [5.41, 5.74) is 3.38. The molecule has 6 nitrogen and oxygen atoms in total. The molecule has 0 spiro atoms. The van der Waals surface area contributed by atoms with E-state index in [-0.39, 0.29) is 5.91 Å². The molecule has 0 aliphatic carbocycles. The van der Waals surface area contributed by atoms with Crippen LogP contribution in [0.2, 0.25) is 0 Å². The number of ether oxygens (including phenoxy) is 1. The van der Waals surface area contributed by atoms with E-state index in [1.807, 2.05) is 35.2 Å². The van der Waals surface area contributed by atoms with Gasteiger partial charge in [-0.15, -0.1) is 5.10 Å². The van der Waals surface area contributed by atoms with Crippen molar-refractivity contribution in [2.75, 3.05) is 6.54 Å². The Labute approximate surface area is 151 Å². The molecular weight excluding hydrogens is 328 g/mol. The molecule has 0 bridgehead atoms. The van der Waals surface area contributed by atoms with Gasteiger partial charge in [0.25, 0.3) is 5.88 Å². The number of carbonyl (C=O) groups is 1. The largest absolute Gasteiger partial charge is 0.436 e. The van der Waals surface area contributed by atoms with Gasteiger partial charge in [0.15, 0.2) is 0 Å². The average molecular weight is 348 g/mol.